The number of carbonyl (C=O) groups excluding carboxylic acids is 5. The van der Waals surface area contributed by atoms with Crippen molar-refractivity contribution in [1.82, 2.24) is 35.4 Å². The topological polar surface area (TPSA) is 263 Å². The number of methoxy groups -OCH3 is 2. The van der Waals surface area contributed by atoms with Crippen molar-refractivity contribution in [2.75, 3.05) is 58.8 Å². The van der Waals surface area contributed by atoms with Crippen LogP contribution in [0.25, 0.3) is 11.3 Å². The number of alkyl halides is 8. The van der Waals surface area contributed by atoms with Crippen molar-refractivity contribution in [3.8, 4) is 23.1 Å². The number of nitrogens with one attached hydrogen (secondary N) is 2. The zero-order valence-electron chi connectivity index (χ0n) is 49.2. The van der Waals surface area contributed by atoms with Gasteiger partial charge in [0, 0.05) is 78.7 Å². The van der Waals surface area contributed by atoms with Gasteiger partial charge in [-0.05, 0) is 81.1 Å². The van der Waals surface area contributed by atoms with Crippen molar-refractivity contribution < 1.29 is 110 Å². The van der Waals surface area contributed by atoms with Crippen LogP contribution in [-0.2, 0) is 60.1 Å². The van der Waals surface area contributed by atoms with E-state index in [4.69, 9.17) is 14.2 Å². The number of benzene rings is 2. The Morgan fingerprint density at radius 2 is 1.44 bits per heavy atom. The SMILES string of the molecule is COC(=O)C[C@H](C(=O)NN(Cc1c(F)cc(-c2ccn(C(F)F)n2)cc1F)C[C@H](OC(=O)OCOP(=O)(O)O)[C@@H](CC(=O)[C@@H](NC(=O)OC)C(C)(C)C(F)(F)F)Cc1ccc(C#Cc2ccc(N3CC4CCC(C3)N4C3COC3)nc2)cc1)C(C)(C)C(F)(F)F. The lowest BCUT2D eigenvalue weighted by molar-refractivity contribution is -0.231. The summed E-state index contributed by atoms with van der Waals surface area (Å²) in [6.07, 6.45) is -14.8. The van der Waals surface area contributed by atoms with Gasteiger partial charge in [-0.25, -0.2) is 42.1 Å². The maximum Gasteiger partial charge on any atom is 0.510 e. The number of esters is 1. The quantitative estimate of drug-likeness (QED) is 0.00923. The van der Waals surface area contributed by atoms with Gasteiger partial charge in [-0.2, -0.15) is 40.2 Å². The van der Waals surface area contributed by atoms with E-state index in [1.54, 1.807) is 12.3 Å². The van der Waals surface area contributed by atoms with Gasteiger partial charge in [0.1, 0.15) is 29.6 Å². The molecule has 7 rings (SSSR count). The highest BCUT2D eigenvalue weighted by Gasteiger charge is 2.57. The van der Waals surface area contributed by atoms with Crippen LogP contribution in [-0.4, -0.2) is 161 Å². The summed E-state index contributed by atoms with van der Waals surface area (Å²) < 4.78 is 189. The van der Waals surface area contributed by atoms with Crippen molar-refractivity contribution in [3.63, 3.8) is 0 Å². The van der Waals surface area contributed by atoms with Crippen LogP contribution in [0.2, 0.25) is 0 Å². The number of rotatable bonds is 25. The number of hydrogen-bond donors (Lipinski definition) is 4. The molecule has 2 bridgehead atoms. The summed E-state index contributed by atoms with van der Waals surface area (Å²) >= 11 is 0. The lowest BCUT2D eigenvalue weighted by atomic mass is 9.75. The molecule has 33 heteroatoms. The van der Waals surface area contributed by atoms with Gasteiger partial charge in [-0.15, -0.1) is 0 Å². The van der Waals surface area contributed by atoms with Gasteiger partial charge in [-0.1, -0.05) is 37.8 Å². The van der Waals surface area contributed by atoms with Gasteiger partial charge in [-0.3, -0.25) is 24.7 Å². The number of hydrogen-bond acceptors (Lipinski definition) is 17. The third-order valence-corrected chi connectivity index (χ3v) is 16.5. The largest absolute Gasteiger partial charge is 0.510 e. The molecule has 3 saturated heterocycles. The van der Waals surface area contributed by atoms with Crippen molar-refractivity contribution in [3.05, 3.63) is 101 Å². The van der Waals surface area contributed by atoms with Crippen LogP contribution in [0.1, 0.15) is 82.2 Å². The molecule has 22 nitrogen and oxygen atoms in total. The van der Waals surface area contributed by atoms with Crippen molar-refractivity contribution in [1.29, 1.82) is 0 Å². The molecule has 0 saturated carbocycles. The number of alkyl carbamates (subject to hydrolysis) is 1. The molecule has 0 spiro atoms. The van der Waals surface area contributed by atoms with Crippen LogP contribution in [0, 0.1) is 46.1 Å². The van der Waals surface area contributed by atoms with Gasteiger partial charge >= 0.3 is 44.9 Å². The Hall–Kier alpha value is -7.40. The molecule has 3 fully saturated rings. The molecule has 4 aromatic rings. The van der Waals surface area contributed by atoms with Gasteiger partial charge < -0.3 is 43.7 Å². The van der Waals surface area contributed by atoms with Crippen LogP contribution in [0.3, 0.4) is 0 Å². The number of carbonyl (C=O) groups is 5. The average molecular weight is 1310 g/mol. The smallest absolute Gasteiger partial charge is 0.469 e. The van der Waals surface area contributed by atoms with Gasteiger partial charge in [0.25, 0.3) is 0 Å². The number of phosphoric acid groups is 1. The zero-order chi connectivity index (χ0) is 66.3. The number of pyridine rings is 1. The van der Waals surface area contributed by atoms with Crippen LogP contribution < -0.4 is 15.6 Å². The normalized spacial score (nSPS) is 18.0. The third-order valence-electron chi connectivity index (χ3n) is 16.1. The molecular formula is C57H65F10N8O14P. The number of amides is 2. The number of ether oxygens (including phenoxy) is 5. The summed E-state index contributed by atoms with van der Waals surface area (Å²) in [5, 5.41) is 5.89. The summed E-state index contributed by atoms with van der Waals surface area (Å²) in [6, 6.07) is 10.3. The first-order valence-electron chi connectivity index (χ1n) is 27.7. The number of aromatic nitrogens is 3. The molecule has 3 aliphatic heterocycles. The predicted octanol–water partition coefficient (Wildman–Crippen LogP) is 8.39. The summed E-state index contributed by atoms with van der Waals surface area (Å²) in [5.74, 6) is -5.03. The summed E-state index contributed by atoms with van der Waals surface area (Å²) in [5.41, 5.74) is -4.99. The van der Waals surface area contributed by atoms with Gasteiger partial charge in [0.15, 0.2) is 5.78 Å². The van der Waals surface area contributed by atoms with Gasteiger partial charge in [0.05, 0.1) is 68.9 Å². The number of piperazine rings is 1. The van der Waals surface area contributed by atoms with E-state index < -0.39 is 153 Å². The number of hydrazine groups is 1. The number of phosphoric ester groups is 1. The van der Waals surface area contributed by atoms with E-state index in [-0.39, 0.29) is 15.9 Å². The second-order valence-electron chi connectivity index (χ2n) is 22.8. The number of Topliss-reactive ketones (excluding diaryl/α,β-unsaturated/α-hetero) is 1. The first kappa shape index (κ1) is 70.1. The van der Waals surface area contributed by atoms with Crippen molar-refractivity contribution >= 4 is 43.5 Å². The van der Waals surface area contributed by atoms with E-state index in [9.17, 15) is 73.4 Å². The third kappa shape index (κ3) is 17.5. The molecule has 2 aromatic carbocycles. The Labute approximate surface area is 509 Å². The highest BCUT2D eigenvalue weighted by molar-refractivity contribution is 7.46. The summed E-state index contributed by atoms with van der Waals surface area (Å²) in [4.78, 5) is 96.0. The molecular weight excluding hydrogens is 1240 g/mol. The maximum absolute atomic E-state index is 16.4. The molecule has 4 N–H and O–H groups in total. The Morgan fingerprint density at radius 1 is 0.833 bits per heavy atom. The standard InChI is InChI=1S/C57H65F10N8O14P/c1-54(2,56(62,63)64)41(23-48(77)84-5)50(78)71-73(27-40-42(58)20-35(21-43(40)59)44-17-18-74(70-44)51(60)61)28-46(89-53(80)87-31-88-90(81,82)83)36(22-45(76)49(69-52(79)85-6)55(3,4)57(65,66)67)19-33-10-7-32(8-11-33)9-12-34-13-16-47(68-24-34)72-25-37-14-15-38(26-72)75(37)39-29-86-30-39/h7-8,10-11,13,16-18,20-21,24,36-39,41,46,49,51H,14-15,19,22-23,25-31H2,1-6H3,(H,69,79)(H,71,78)(H2,81,82,83)/t36-,37?,38?,41-,46+,49-/m1/s1. The number of fused-ring (bicyclic) bond motifs is 2. The first-order valence-corrected chi connectivity index (χ1v) is 29.3. The summed E-state index contributed by atoms with van der Waals surface area (Å²) in [6.45, 7) is -2.11. The molecule has 6 atom stereocenters. The molecule has 5 heterocycles. The summed E-state index contributed by atoms with van der Waals surface area (Å²) in [7, 11) is -3.84. The Bertz CT molecular complexity index is 3280. The first-order chi connectivity index (χ1) is 42.1. The second-order valence-corrected chi connectivity index (χ2v) is 24.0. The molecule has 2 amide bonds. The maximum atomic E-state index is 16.4. The minimum Gasteiger partial charge on any atom is -0.469 e. The Kier molecular flexibility index (Phi) is 22.4. The number of anilines is 1. The van der Waals surface area contributed by atoms with Crippen molar-refractivity contribution in [2.45, 2.75) is 116 Å². The predicted molar refractivity (Wildman–Crippen MR) is 295 cm³/mol. The lowest BCUT2D eigenvalue weighted by Crippen LogP contribution is -2.62. The fraction of sp³-hybridized carbons (Fsp3) is 0.526. The molecule has 492 valence electrons. The fourth-order valence-corrected chi connectivity index (χ4v) is 10.8. The van der Waals surface area contributed by atoms with Crippen LogP contribution in [0.5, 0.6) is 0 Å². The molecule has 3 aliphatic rings. The van der Waals surface area contributed by atoms with Crippen LogP contribution >= 0.6 is 7.82 Å². The van der Waals surface area contributed by atoms with E-state index in [1.165, 1.54) is 24.3 Å². The van der Waals surface area contributed by atoms with E-state index in [1.807, 2.05) is 11.4 Å². The Morgan fingerprint density at radius 3 is 1.97 bits per heavy atom. The minimum absolute atomic E-state index is 0.157. The van der Waals surface area contributed by atoms with E-state index in [0.29, 0.717) is 74.1 Å². The van der Waals surface area contributed by atoms with Gasteiger partial charge in [0.2, 0.25) is 12.7 Å². The minimum atomic E-state index is -5.41. The zero-order valence-corrected chi connectivity index (χ0v) is 50.1. The monoisotopic (exact) mass is 1310 g/mol. The number of nitrogens with zero attached hydrogens (tertiary/aromatic N) is 6. The molecule has 90 heavy (non-hydrogen) atoms. The number of halogens is 10. The molecule has 2 aromatic heterocycles. The highest BCUT2D eigenvalue weighted by Crippen LogP contribution is 2.46. The Balaban J connectivity index is 1.28. The number of ketones is 1. The van der Waals surface area contributed by atoms with Crippen molar-refractivity contribution in [2.24, 2.45) is 22.7 Å². The average Bonchev–Trinajstić information content (AvgIpc) is 1.56. The highest BCUT2D eigenvalue weighted by atomic mass is 31.2. The lowest BCUT2D eigenvalue weighted by Gasteiger charge is -2.47. The van der Waals surface area contributed by atoms with Crippen LogP contribution in [0.4, 0.5) is 59.3 Å². The fourth-order valence-electron chi connectivity index (χ4n) is 10.6. The molecule has 2 unspecified atom stereocenters. The van der Waals surface area contributed by atoms with E-state index >= 15 is 8.78 Å². The van der Waals surface area contributed by atoms with E-state index in [0.717, 1.165) is 71.4 Å². The molecule has 0 aliphatic carbocycles. The van der Waals surface area contributed by atoms with E-state index in [2.05, 4.69) is 51.1 Å². The second kappa shape index (κ2) is 28.8. The van der Waals surface area contributed by atoms with Crippen LogP contribution in [0.15, 0.2) is 67.0 Å². The molecule has 0 radical (unpaired) electrons.